The van der Waals surface area contributed by atoms with Crippen molar-refractivity contribution < 1.29 is 19.1 Å². The van der Waals surface area contributed by atoms with Gasteiger partial charge in [-0.1, -0.05) is 38.5 Å². The van der Waals surface area contributed by atoms with E-state index in [1.807, 2.05) is 0 Å². The number of fused-ring (bicyclic) bond motifs is 1. The lowest BCUT2D eigenvalue weighted by atomic mass is 9.66. The van der Waals surface area contributed by atoms with Gasteiger partial charge in [0.05, 0.1) is 0 Å². The van der Waals surface area contributed by atoms with Crippen LogP contribution in [0.4, 0.5) is 5.69 Å². The van der Waals surface area contributed by atoms with Crippen molar-refractivity contribution in [1.82, 2.24) is 10.6 Å². The molecule has 168 valence electrons. The van der Waals surface area contributed by atoms with Crippen LogP contribution >= 0.6 is 0 Å². The minimum atomic E-state index is -0.632. The maximum atomic E-state index is 12.8. The third-order valence-electron chi connectivity index (χ3n) is 7.60. The van der Waals surface area contributed by atoms with Gasteiger partial charge in [0, 0.05) is 28.9 Å². The number of ether oxygens (including phenoxy) is 2. The highest BCUT2D eigenvalue weighted by Crippen LogP contribution is 2.44. The van der Waals surface area contributed by atoms with E-state index in [4.69, 9.17) is 9.47 Å². The first kappa shape index (κ1) is 20.6. The van der Waals surface area contributed by atoms with Gasteiger partial charge in [0.25, 0.3) is 0 Å². The Hall–Kier alpha value is -2.28. The zero-order valence-electron chi connectivity index (χ0n) is 18.1. The fraction of sp³-hybridized carbons (Fsp3) is 0.667. The lowest BCUT2D eigenvalue weighted by Gasteiger charge is -2.55. The van der Waals surface area contributed by atoms with Gasteiger partial charge >= 0.3 is 11.8 Å². The summed E-state index contributed by atoms with van der Waals surface area (Å²) in [5.41, 5.74) is 0.751. The first-order valence-corrected chi connectivity index (χ1v) is 11.9. The number of benzene rings is 1. The van der Waals surface area contributed by atoms with Crippen LogP contribution in [0.25, 0.3) is 0 Å². The molecule has 0 atom stereocenters. The van der Waals surface area contributed by atoms with Crippen molar-refractivity contribution >= 4 is 17.5 Å². The maximum Gasteiger partial charge on any atom is 0.313 e. The second kappa shape index (κ2) is 8.34. The molecule has 31 heavy (non-hydrogen) atoms. The molecule has 1 saturated heterocycles. The third-order valence-corrected chi connectivity index (χ3v) is 7.60. The summed E-state index contributed by atoms with van der Waals surface area (Å²) in [6.45, 7) is 0.173. The molecule has 4 aliphatic rings. The van der Waals surface area contributed by atoms with E-state index in [1.165, 1.54) is 64.2 Å². The number of piperidine rings is 1. The molecule has 7 heteroatoms. The van der Waals surface area contributed by atoms with Crippen LogP contribution in [0.15, 0.2) is 18.2 Å². The highest BCUT2D eigenvalue weighted by molar-refractivity contribution is 6.39. The molecule has 2 aliphatic heterocycles. The summed E-state index contributed by atoms with van der Waals surface area (Å²) < 4.78 is 10.6. The fourth-order valence-electron chi connectivity index (χ4n) is 6.31. The van der Waals surface area contributed by atoms with Crippen LogP contribution in [-0.4, -0.2) is 35.7 Å². The molecule has 2 aliphatic carbocycles. The predicted octanol–water partition coefficient (Wildman–Crippen LogP) is 3.63. The number of hydrogen-bond donors (Lipinski definition) is 3. The standard InChI is InChI=1S/C24H33N3O4/c28-21(25-17-7-8-19-20(13-17)31-16-30-19)22(29)26-18-14-23(9-3-1-4-10-23)27-24(15-18)11-5-2-6-12-24/h7-8,13,18,27H,1-6,9-12,14-16H2,(H,25,28)(H,26,29). The number of amides is 2. The molecule has 2 saturated carbocycles. The van der Waals surface area contributed by atoms with Crippen LogP contribution in [-0.2, 0) is 9.59 Å². The van der Waals surface area contributed by atoms with Gasteiger partial charge in [0.1, 0.15) is 0 Å². The normalized spacial score (nSPS) is 25.9. The Morgan fingerprint density at radius 1 is 0.839 bits per heavy atom. The van der Waals surface area contributed by atoms with Crippen molar-refractivity contribution in [3.8, 4) is 11.5 Å². The largest absolute Gasteiger partial charge is 0.454 e. The minimum Gasteiger partial charge on any atom is -0.454 e. The van der Waals surface area contributed by atoms with Crippen LogP contribution in [0.1, 0.15) is 77.0 Å². The number of carbonyl (C=O) groups is 2. The highest BCUT2D eigenvalue weighted by atomic mass is 16.7. The zero-order valence-corrected chi connectivity index (χ0v) is 18.1. The van der Waals surface area contributed by atoms with E-state index in [0.29, 0.717) is 17.2 Å². The molecule has 3 fully saturated rings. The monoisotopic (exact) mass is 427 g/mol. The summed E-state index contributed by atoms with van der Waals surface area (Å²) in [5.74, 6) is 0.0389. The van der Waals surface area contributed by atoms with Gasteiger partial charge in [0.15, 0.2) is 11.5 Å². The topological polar surface area (TPSA) is 88.7 Å². The fourth-order valence-corrected chi connectivity index (χ4v) is 6.31. The van der Waals surface area contributed by atoms with E-state index in [9.17, 15) is 9.59 Å². The average Bonchev–Trinajstić information content (AvgIpc) is 3.22. The predicted molar refractivity (Wildman–Crippen MR) is 117 cm³/mol. The second-order valence-corrected chi connectivity index (χ2v) is 9.91. The van der Waals surface area contributed by atoms with E-state index in [2.05, 4.69) is 16.0 Å². The Kier molecular flexibility index (Phi) is 5.54. The molecule has 5 rings (SSSR count). The molecule has 2 heterocycles. The maximum absolute atomic E-state index is 12.8. The zero-order chi connectivity index (χ0) is 21.3. The van der Waals surface area contributed by atoms with Crippen LogP contribution in [0, 0.1) is 0 Å². The highest BCUT2D eigenvalue weighted by Gasteiger charge is 2.48. The summed E-state index contributed by atoms with van der Waals surface area (Å²) in [7, 11) is 0. The lowest BCUT2D eigenvalue weighted by Crippen LogP contribution is -2.67. The number of hydrogen-bond acceptors (Lipinski definition) is 5. The molecule has 0 radical (unpaired) electrons. The van der Waals surface area contributed by atoms with Crippen molar-refractivity contribution in [3.63, 3.8) is 0 Å². The van der Waals surface area contributed by atoms with Crippen molar-refractivity contribution in [2.24, 2.45) is 0 Å². The molecule has 0 aromatic heterocycles. The van der Waals surface area contributed by atoms with Gasteiger partial charge < -0.3 is 25.4 Å². The summed E-state index contributed by atoms with van der Waals surface area (Å²) in [4.78, 5) is 25.4. The summed E-state index contributed by atoms with van der Waals surface area (Å²) in [6.07, 6.45) is 14.1. The number of rotatable bonds is 2. The van der Waals surface area contributed by atoms with Crippen molar-refractivity contribution in [1.29, 1.82) is 0 Å². The smallest absolute Gasteiger partial charge is 0.313 e. The van der Waals surface area contributed by atoms with E-state index in [0.717, 1.165) is 12.8 Å². The van der Waals surface area contributed by atoms with Gasteiger partial charge in [0.2, 0.25) is 6.79 Å². The third kappa shape index (κ3) is 4.38. The number of nitrogens with one attached hydrogen (secondary N) is 3. The molecular weight excluding hydrogens is 394 g/mol. The van der Waals surface area contributed by atoms with Gasteiger partial charge in [-0.3, -0.25) is 9.59 Å². The molecule has 3 N–H and O–H groups in total. The van der Waals surface area contributed by atoms with Gasteiger partial charge in [-0.25, -0.2) is 0 Å². The average molecular weight is 428 g/mol. The number of carbonyl (C=O) groups excluding carboxylic acids is 2. The quantitative estimate of drug-likeness (QED) is 0.628. The summed E-state index contributed by atoms with van der Waals surface area (Å²) in [5, 5.41) is 9.89. The minimum absolute atomic E-state index is 0.0347. The Labute approximate surface area is 183 Å². The molecule has 0 unspecified atom stereocenters. The van der Waals surface area contributed by atoms with E-state index in [1.54, 1.807) is 18.2 Å². The Bertz CT molecular complexity index is 817. The van der Waals surface area contributed by atoms with Crippen LogP contribution in [0.5, 0.6) is 11.5 Å². The van der Waals surface area contributed by atoms with E-state index < -0.39 is 11.8 Å². The SMILES string of the molecule is O=C(Nc1ccc2c(c1)OCO2)C(=O)NC1CC2(CCCCC2)NC2(CCCCC2)C1. The van der Waals surface area contributed by atoms with Crippen LogP contribution in [0.2, 0.25) is 0 Å². The molecule has 2 amide bonds. The molecule has 0 bridgehead atoms. The van der Waals surface area contributed by atoms with E-state index >= 15 is 0 Å². The molecular formula is C24H33N3O4. The van der Waals surface area contributed by atoms with Crippen molar-refractivity contribution in [2.45, 2.75) is 94.2 Å². The number of anilines is 1. The van der Waals surface area contributed by atoms with Crippen molar-refractivity contribution in [3.05, 3.63) is 18.2 Å². The molecule has 7 nitrogen and oxygen atoms in total. The molecule has 2 spiro atoms. The Balaban J connectivity index is 1.26. The Morgan fingerprint density at radius 2 is 1.45 bits per heavy atom. The summed E-state index contributed by atoms with van der Waals surface area (Å²) >= 11 is 0. The lowest BCUT2D eigenvalue weighted by molar-refractivity contribution is -0.137. The van der Waals surface area contributed by atoms with Crippen LogP contribution in [0.3, 0.4) is 0 Å². The van der Waals surface area contributed by atoms with Gasteiger partial charge in [-0.05, 0) is 50.7 Å². The second-order valence-electron chi connectivity index (χ2n) is 9.91. The van der Waals surface area contributed by atoms with Crippen molar-refractivity contribution in [2.75, 3.05) is 12.1 Å². The first-order valence-electron chi connectivity index (χ1n) is 11.9. The summed E-state index contributed by atoms with van der Waals surface area (Å²) in [6, 6.07) is 5.18. The Morgan fingerprint density at radius 3 is 2.10 bits per heavy atom. The van der Waals surface area contributed by atoms with Gasteiger partial charge in [-0.15, -0.1) is 0 Å². The van der Waals surface area contributed by atoms with Gasteiger partial charge in [-0.2, -0.15) is 0 Å². The van der Waals surface area contributed by atoms with Crippen LogP contribution < -0.4 is 25.4 Å². The van der Waals surface area contributed by atoms with E-state index in [-0.39, 0.29) is 23.9 Å². The molecule has 1 aromatic rings. The molecule has 1 aromatic carbocycles. The first-order chi connectivity index (χ1) is 15.0.